The molecule has 0 fully saturated rings. The van der Waals surface area contributed by atoms with E-state index in [4.69, 9.17) is 4.74 Å². The summed E-state index contributed by atoms with van der Waals surface area (Å²) in [7, 11) is 0. The van der Waals surface area contributed by atoms with E-state index in [1.54, 1.807) is 24.7 Å². The normalized spacial score (nSPS) is 11.0. The van der Waals surface area contributed by atoms with Crippen LogP contribution >= 0.6 is 11.3 Å². The van der Waals surface area contributed by atoms with Crippen molar-refractivity contribution < 1.29 is 9.53 Å². The van der Waals surface area contributed by atoms with E-state index in [1.807, 2.05) is 13.8 Å². The van der Waals surface area contributed by atoms with Gasteiger partial charge in [0.2, 0.25) is 0 Å². The van der Waals surface area contributed by atoms with Gasteiger partial charge < -0.3 is 4.74 Å². The minimum Gasteiger partial charge on any atom is -0.462 e. The molecule has 0 aliphatic heterocycles. The molecule has 2 heterocycles. The summed E-state index contributed by atoms with van der Waals surface area (Å²) in [6, 6.07) is 6.23. The van der Waals surface area contributed by atoms with Crippen LogP contribution in [-0.4, -0.2) is 22.1 Å². The molecule has 0 amide bonds. The number of fused-ring (bicyclic) bond motifs is 1. The maximum Gasteiger partial charge on any atom is 0.348 e. The summed E-state index contributed by atoms with van der Waals surface area (Å²) in [6.07, 6.45) is 1.55. The number of aryl methyl sites for hydroxylation is 3. The van der Waals surface area contributed by atoms with Crippen LogP contribution < -0.4 is 5.56 Å². The molecule has 0 aliphatic carbocycles. The van der Waals surface area contributed by atoms with Gasteiger partial charge >= 0.3 is 5.97 Å². The number of hydrogen-bond acceptors (Lipinski definition) is 5. The maximum absolute atomic E-state index is 12.9. The lowest BCUT2D eigenvalue weighted by Crippen LogP contribution is -2.21. The van der Waals surface area contributed by atoms with Crippen LogP contribution in [-0.2, 0) is 11.3 Å². The third kappa shape index (κ3) is 3.35. The minimum atomic E-state index is -0.400. The summed E-state index contributed by atoms with van der Waals surface area (Å²) >= 11 is 1.21. The van der Waals surface area contributed by atoms with Crippen LogP contribution in [0.2, 0.25) is 0 Å². The van der Waals surface area contributed by atoms with Crippen LogP contribution in [0.5, 0.6) is 0 Å². The molecule has 0 unspecified atom stereocenters. The van der Waals surface area contributed by atoms with E-state index in [0.29, 0.717) is 33.8 Å². The lowest BCUT2D eigenvalue weighted by molar-refractivity contribution is 0.0531. The first-order chi connectivity index (χ1) is 11.9. The van der Waals surface area contributed by atoms with E-state index < -0.39 is 5.97 Å². The number of carbonyl (C=O) groups is 1. The Kier molecular flexibility index (Phi) is 4.72. The highest BCUT2D eigenvalue weighted by molar-refractivity contribution is 7.20. The van der Waals surface area contributed by atoms with Gasteiger partial charge in [-0.2, -0.15) is 0 Å². The molecule has 0 saturated heterocycles. The number of hydrogen-bond donors (Lipinski definition) is 0. The molecule has 3 aromatic rings. The zero-order valence-electron chi connectivity index (χ0n) is 14.8. The van der Waals surface area contributed by atoms with Crippen molar-refractivity contribution in [2.45, 2.75) is 34.2 Å². The Morgan fingerprint density at radius 3 is 2.52 bits per heavy atom. The van der Waals surface area contributed by atoms with Crippen molar-refractivity contribution in [1.82, 2.24) is 9.55 Å². The Bertz CT molecular complexity index is 997. The first-order valence-electron chi connectivity index (χ1n) is 8.13. The van der Waals surface area contributed by atoms with Gasteiger partial charge in [0.25, 0.3) is 5.56 Å². The lowest BCUT2D eigenvalue weighted by atomic mass is 10.1. The van der Waals surface area contributed by atoms with Crippen LogP contribution in [0.25, 0.3) is 10.2 Å². The fourth-order valence-corrected chi connectivity index (χ4v) is 4.05. The van der Waals surface area contributed by atoms with Crippen molar-refractivity contribution in [3.63, 3.8) is 0 Å². The Morgan fingerprint density at radius 2 is 1.88 bits per heavy atom. The molecular formula is C19H20N2O3S. The van der Waals surface area contributed by atoms with E-state index in [0.717, 1.165) is 16.7 Å². The molecule has 0 saturated carbocycles. The van der Waals surface area contributed by atoms with Crippen molar-refractivity contribution in [2.24, 2.45) is 0 Å². The van der Waals surface area contributed by atoms with Crippen LogP contribution in [0, 0.1) is 20.8 Å². The molecule has 0 bridgehead atoms. The molecule has 130 valence electrons. The van der Waals surface area contributed by atoms with Crippen molar-refractivity contribution >= 4 is 27.5 Å². The van der Waals surface area contributed by atoms with Gasteiger partial charge in [0.15, 0.2) is 0 Å². The second-order valence-corrected chi connectivity index (χ2v) is 7.13. The first kappa shape index (κ1) is 17.4. The number of thiophene rings is 1. The number of ether oxygens (including phenoxy) is 1. The number of benzene rings is 1. The molecule has 0 atom stereocenters. The molecule has 0 spiro atoms. The average molecular weight is 356 g/mol. The largest absolute Gasteiger partial charge is 0.462 e. The predicted molar refractivity (Wildman–Crippen MR) is 99.6 cm³/mol. The van der Waals surface area contributed by atoms with Crippen LogP contribution in [0.3, 0.4) is 0 Å². The summed E-state index contributed by atoms with van der Waals surface area (Å²) in [5.74, 6) is -0.400. The number of carbonyl (C=O) groups excluding carboxylic acids is 1. The van der Waals surface area contributed by atoms with Gasteiger partial charge in [-0.3, -0.25) is 9.36 Å². The first-order valence-corrected chi connectivity index (χ1v) is 8.95. The zero-order valence-corrected chi connectivity index (χ0v) is 15.6. The number of aromatic nitrogens is 2. The lowest BCUT2D eigenvalue weighted by Gasteiger charge is -2.08. The molecule has 3 rings (SSSR count). The van der Waals surface area contributed by atoms with Crippen LogP contribution in [0.4, 0.5) is 0 Å². The topological polar surface area (TPSA) is 61.2 Å². The SMILES string of the molecule is CCOC(=O)c1sc2ncn(Cc3cc(C)cc(C)c3)c(=O)c2c1C. The molecular weight excluding hydrogens is 336 g/mol. The van der Waals surface area contributed by atoms with Gasteiger partial charge in [0.05, 0.1) is 24.9 Å². The third-order valence-electron chi connectivity index (χ3n) is 4.01. The molecule has 0 N–H and O–H groups in total. The second kappa shape index (κ2) is 6.80. The average Bonchev–Trinajstić information content (AvgIpc) is 2.87. The molecule has 6 heteroatoms. The number of rotatable bonds is 4. The van der Waals surface area contributed by atoms with E-state index >= 15 is 0 Å². The summed E-state index contributed by atoms with van der Waals surface area (Å²) in [4.78, 5) is 30.3. The summed E-state index contributed by atoms with van der Waals surface area (Å²) < 4.78 is 6.65. The van der Waals surface area contributed by atoms with Crippen molar-refractivity contribution in [3.05, 3.63) is 62.0 Å². The van der Waals surface area contributed by atoms with E-state index in [2.05, 4.69) is 23.2 Å². The van der Waals surface area contributed by atoms with Crippen molar-refractivity contribution in [1.29, 1.82) is 0 Å². The van der Waals surface area contributed by atoms with Crippen LogP contribution in [0.1, 0.15) is 38.8 Å². The highest BCUT2D eigenvalue weighted by atomic mass is 32.1. The minimum absolute atomic E-state index is 0.131. The monoisotopic (exact) mass is 356 g/mol. The molecule has 1 aromatic carbocycles. The highest BCUT2D eigenvalue weighted by Crippen LogP contribution is 2.27. The summed E-state index contributed by atoms with van der Waals surface area (Å²) in [5.41, 5.74) is 3.89. The second-order valence-electron chi connectivity index (χ2n) is 6.13. The van der Waals surface area contributed by atoms with E-state index in [-0.39, 0.29) is 5.56 Å². The van der Waals surface area contributed by atoms with Gasteiger partial charge in [-0.1, -0.05) is 29.3 Å². The fourth-order valence-electron chi connectivity index (χ4n) is 3.02. The Labute approximate surface area is 149 Å². The smallest absolute Gasteiger partial charge is 0.348 e. The van der Waals surface area contributed by atoms with Crippen LogP contribution in [0.15, 0.2) is 29.3 Å². The predicted octanol–water partition coefficient (Wildman–Crippen LogP) is 3.61. The third-order valence-corrected chi connectivity index (χ3v) is 5.19. The Balaban J connectivity index is 2.06. The Morgan fingerprint density at radius 1 is 1.20 bits per heavy atom. The standard InChI is InChI=1S/C19H20N2O3S/c1-5-24-19(23)16-13(4)15-17(25-16)20-10-21(18(15)22)9-14-7-11(2)6-12(3)8-14/h6-8,10H,5,9H2,1-4H3. The quantitative estimate of drug-likeness (QED) is 0.670. The molecule has 25 heavy (non-hydrogen) atoms. The summed E-state index contributed by atoms with van der Waals surface area (Å²) in [6.45, 7) is 8.36. The maximum atomic E-state index is 12.9. The van der Waals surface area contributed by atoms with Crippen molar-refractivity contribution in [2.75, 3.05) is 6.61 Å². The number of nitrogens with zero attached hydrogens (tertiary/aromatic N) is 2. The van der Waals surface area contributed by atoms with Gasteiger partial charge in [-0.15, -0.1) is 11.3 Å². The van der Waals surface area contributed by atoms with Gasteiger partial charge in [-0.05, 0) is 38.8 Å². The van der Waals surface area contributed by atoms with Gasteiger partial charge in [0.1, 0.15) is 9.71 Å². The Hall–Kier alpha value is -2.47. The molecule has 2 aromatic heterocycles. The van der Waals surface area contributed by atoms with E-state index in [9.17, 15) is 9.59 Å². The fraction of sp³-hybridized carbons (Fsp3) is 0.316. The zero-order chi connectivity index (χ0) is 18.1. The highest BCUT2D eigenvalue weighted by Gasteiger charge is 2.20. The van der Waals surface area contributed by atoms with Gasteiger partial charge in [0, 0.05) is 0 Å². The molecule has 5 nitrogen and oxygen atoms in total. The molecule has 0 radical (unpaired) electrons. The number of esters is 1. The van der Waals surface area contributed by atoms with Gasteiger partial charge in [-0.25, -0.2) is 9.78 Å². The summed E-state index contributed by atoms with van der Waals surface area (Å²) in [5, 5.41) is 0.500. The molecule has 0 aliphatic rings. The van der Waals surface area contributed by atoms with Crippen molar-refractivity contribution in [3.8, 4) is 0 Å². The van der Waals surface area contributed by atoms with E-state index in [1.165, 1.54) is 11.3 Å².